The normalized spacial score (nSPS) is 20.1. The Labute approximate surface area is 102 Å². The van der Waals surface area contributed by atoms with E-state index in [4.69, 9.17) is 9.47 Å². The standard InChI is InChI=1S/C14H19NO2/c1-10(9-15-12-3-4-12)11-2-5-13-14(8-11)17-7-6-16-13/h2,5,8,10,12,15H,3-4,6-7,9H2,1H3. The molecular formula is C14H19NO2. The van der Waals surface area contributed by atoms with Gasteiger partial charge >= 0.3 is 0 Å². The van der Waals surface area contributed by atoms with Crippen LogP contribution in [-0.2, 0) is 0 Å². The number of hydrogen-bond acceptors (Lipinski definition) is 3. The zero-order chi connectivity index (χ0) is 11.7. The summed E-state index contributed by atoms with van der Waals surface area (Å²) in [6.45, 7) is 4.61. The molecule has 1 fully saturated rings. The molecule has 0 spiro atoms. The van der Waals surface area contributed by atoms with E-state index in [9.17, 15) is 0 Å². The molecule has 1 aliphatic heterocycles. The van der Waals surface area contributed by atoms with Crippen molar-refractivity contribution in [1.29, 1.82) is 0 Å². The molecule has 1 N–H and O–H groups in total. The van der Waals surface area contributed by atoms with Crippen LogP contribution < -0.4 is 14.8 Å². The zero-order valence-corrected chi connectivity index (χ0v) is 10.2. The van der Waals surface area contributed by atoms with E-state index in [0.717, 1.165) is 24.1 Å². The molecule has 3 nitrogen and oxygen atoms in total. The monoisotopic (exact) mass is 233 g/mol. The lowest BCUT2D eigenvalue weighted by Crippen LogP contribution is -2.22. The SMILES string of the molecule is CC(CNC1CC1)c1ccc2c(c1)OCCO2. The van der Waals surface area contributed by atoms with Crippen molar-refractivity contribution in [2.75, 3.05) is 19.8 Å². The largest absolute Gasteiger partial charge is 0.486 e. The molecule has 1 atom stereocenters. The van der Waals surface area contributed by atoms with Crippen LogP contribution in [0, 0.1) is 0 Å². The maximum Gasteiger partial charge on any atom is 0.161 e. The third-order valence-corrected chi connectivity index (χ3v) is 3.43. The number of fused-ring (bicyclic) bond motifs is 1. The van der Waals surface area contributed by atoms with E-state index in [2.05, 4.69) is 24.4 Å². The van der Waals surface area contributed by atoms with Gasteiger partial charge in [0.2, 0.25) is 0 Å². The molecule has 0 bridgehead atoms. The summed E-state index contributed by atoms with van der Waals surface area (Å²) in [4.78, 5) is 0. The van der Waals surface area contributed by atoms with Crippen molar-refractivity contribution in [2.24, 2.45) is 0 Å². The van der Waals surface area contributed by atoms with Gasteiger partial charge < -0.3 is 14.8 Å². The van der Waals surface area contributed by atoms with E-state index in [1.54, 1.807) is 0 Å². The van der Waals surface area contributed by atoms with Crippen molar-refractivity contribution in [1.82, 2.24) is 5.32 Å². The minimum atomic E-state index is 0.520. The number of benzene rings is 1. The molecule has 0 saturated heterocycles. The second-order valence-corrected chi connectivity index (χ2v) is 4.99. The Morgan fingerprint density at radius 1 is 1.24 bits per heavy atom. The Morgan fingerprint density at radius 3 is 2.76 bits per heavy atom. The Hall–Kier alpha value is -1.22. The summed E-state index contributed by atoms with van der Waals surface area (Å²) >= 11 is 0. The minimum Gasteiger partial charge on any atom is -0.486 e. The molecule has 2 aliphatic rings. The van der Waals surface area contributed by atoms with Crippen LogP contribution in [0.3, 0.4) is 0 Å². The first-order chi connectivity index (χ1) is 8.33. The van der Waals surface area contributed by atoms with Crippen LogP contribution in [0.1, 0.15) is 31.2 Å². The van der Waals surface area contributed by atoms with E-state index in [-0.39, 0.29) is 0 Å². The predicted octanol–water partition coefficient (Wildman–Crippen LogP) is 2.31. The number of hydrogen-bond donors (Lipinski definition) is 1. The van der Waals surface area contributed by atoms with Gasteiger partial charge in [0.15, 0.2) is 11.5 Å². The summed E-state index contributed by atoms with van der Waals surface area (Å²) in [7, 11) is 0. The third kappa shape index (κ3) is 2.55. The lowest BCUT2D eigenvalue weighted by molar-refractivity contribution is 0.171. The lowest BCUT2D eigenvalue weighted by Gasteiger charge is -2.20. The van der Waals surface area contributed by atoms with Gasteiger partial charge in [-0.05, 0) is 36.5 Å². The van der Waals surface area contributed by atoms with Gasteiger partial charge in [-0.1, -0.05) is 13.0 Å². The summed E-state index contributed by atoms with van der Waals surface area (Å²) in [5, 5.41) is 3.56. The first-order valence-corrected chi connectivity index (χ1v) is 6.46. The lowest BCUT2D eigenvalue weighted by atomic mass is 10.0. The Bertz CT molecular complexity index is 401. The van der Waals surface area contributed by atoms with Crippen LogP contribution in [-0.4, -0.2) is 25.8 Å². The molecule has 1 aliphatic carbocycles. The van der Waals surface area contributed by atoms with Gasteiger partial charge in [0.05, 0.1) is 0 Å². The van der Waals surface area contributed by atoms with Crippen LogP contribution in [0.4, 0.5) is 0 Å². The fourth-order valence-electron chi connectivity index (χ4n) is 2.12. The van der Waals surface area contributed by atoms with Crippen LogP contribution in [0.2, 0.25) is 0 Å². The Morgan fingerprint density at radius 2 is 2.00 bits per heavy atom. The van der Waals surface area contributed by atoms with Crippen molar-refractivity contribution in [3.8, 4) is 11.5 Å². The zero-order valence-electron chi connectivity index (χ0n) is 10.2. The van der Waals surface area contributed by atoms with Gasteiger partial charge in [0, 0.05) is 12.6 Å². The fraction of sp³-hybridized carbons (Fsp3) is 0.571. The van der Waals surface area contributed by atoms with Crippen molar-refractivity contribution in [3.05, 3.63) is 23.8 Å². The van der Waals surface area contributed by atoms with Crippen LogP contribution in [0.25, 0.3) is 0 Å². The number of ether oxygens (including phenoxy) is 2. The third-order valence-electron chi connectivity index (χ3n) is 3.43. The topological polar surface area (TPSA) is 30.5 Å². The average Bonchev–Trinajstić information content (AvgIpc) is 3.19. The minimum absolute atomic E-state index is 0.520. The summed E-state index contributed by atoms with van der Waals surface area (Å²) < 4.78 is 11.1. The van der Waals surface area contributed by atoms with Crippen molar-refractivity contribution < 1.29 is 9.47 Å². The molecule has 3 rings (SSSR count). The van der Waals surface area contributed by atoms with Gasteiger partial charge in [-0.3, -0.25) is 0 Å². The maximum absolute atomic E-state index is 5.61. The highest BCUT2D eigenvalue weighted by molar-refractivity contribution is 5.44. The highest BCUT2D eigenvalue weighted by atomic mass is 16.6. The molecule has 1 saturated carbocycles. The molecule has 0 radical (unpaired) electrons. The first kappa shape index (κ1) is 10.9. The number of rotatable bonds is 4. The first-order valence-electron chi connectivity index (χ1n) is 6.46. The van der Waals surface area contributed by atoms with Gasteiger partial charge in [0.25, 0.3) is 0 Å². The van der Waals surface area contributed by atoms with Gasteiger partial charge in [-0.2, -0.15) is 0 Å². The van der Waals surface area contributed by atoms with Crippen molar-refractivity contribution in [3.63, 3.8) is 0 Å². The van der Waals surface area contributed by atoms with E-state index in [0.29, 0.717) is 19.1 Å². The highest BCUT2D eigenvalue weighted by Gasteiger charge is 2.21. The predicted molar refractivity (Wildman–Crippen MR) is 66.9 cm³/mol. The van der Waals surface area contributed by atoms with E-state index in [1.165, 1.54) is 18.4 Å². The maximum atomic E-state index is 5.61. The Balaban J connectivity index is 1.68. The van der Waals surface area contributed by atoms with Crippen LogP contribution in [0.5, 0.6) is 11.5 Å². The van der Waals surface area contributed by atoms with Crippen molar-refractivity contribution in [2.45, 2.75) is 31.7 Å². The second kappa shape index (κ2) is 4.57. The van der Waals surface area contributed by atoms with Crippen LogP contribution in [0.15, 0.2) is 18.2 Å². The van der Waals surface area contributed by atoms with E-state index >= 15 is 0 Å². The number of nitrogens with one attached hydrogen (secondary N) is 1. The molecule has 0 amide bonds. The average molecular weight is 233 g/mol. The summed E-state index contributed by atoms with van der Waals surface area (Å²) in [6, 6.07) is 7.06. The molecule has 1 unspecified atom stereocenters. The molecule has 92 valence electrons. The molecule has 0 aromatic heterocycles. The van der Waals surface area contributed by atoms with Gasteiger partial charge in [0.1, 0.15) is 13.2 Å². The summed E-state index contributed by atoms with van der Waals surface area (Å²) in [5.41, 5.74) is 1.32. The Kier molecular flexibility index (Phi) is 2.93. The van der Waals surface area contributed by atoms with E-state index < -0.39 is 0 Å². The smallest absolute Gasteiger partial charge is 0.161 e. The summed E-state index contributed by atoms with van der Waals surface area (Å²) in [6.07, 6.45) is 2.68. The highest BCUT2D eigenvalue weighted by Crippen LogP contribution is 2.33. The molecule has 1 aromatic rings. The van der Waals surface area contributed by atoms with Crippen LogP contribution >= 0.6 is 0 Å². The fourth-order valence-corrected chi connectivity index (χ4v) is 2.12. The second-order valence-electron chi connectivity index (χ2n) is 4.99. The van der Waals surface area contributed by atoms with Gasteiger partial charge in [-0.15, -0.1) is 0 Å². The molecule has 1 heterocycles. The van der Waals surface area contributed by atoms with E-state index in [1.807, 2.05) is 6.07 Å². The molecular weight excluding hydrogens is 214 g/mol. The van der Waals surface area contributed by atoms with Gasteiger partial charge in [-0.25, -0.2) is 0 Å². The molecule has 17 heavy (non-hydrogen) atoms. The van der Waals surface area contributed by atoms with Crippen molar-refractivity contribution >= 4 is 0 Å². The summed E-state index contributed by atoms with van der Waals surface area (Å²) in [5.74, 6) is 2.29. The molecule has 3 heteroatoms. The molecule has 1 aromatic carbocycles. The quantitative estimate of drug-likeness (QED) is 0.865.